The number of halogens is 3. The maximum absolute atomic E-state index is 14.5. The van der Waals surface area contributed by atoms with Crippen LogP contribution in [-0.4, -0.2) is 60.7 Å². The van der Waals surface area contributed by atoms with Crippen molar-refractivity contribution in [1.29, 1.82) is 0 Å². The summed E-state index contributed by atoms with van der Waals surface area (Å²) in [4.78, 5) is 23.1. The van der Waals surface area contributed by atoms with E-state index in [1.54, 1.807) is 12.1 Å². The van der Waals surface area contributed by atoms with E-state index in [9.17, 15) is 13.6 Å². The van der Waals surface area contributed by atoms with E-state index < -0.39 is 17.6 Å². The molecule has 3 aromatic rings. The molecule has 0 aliphatic carbocycles. The first kappa shape index (κ1) is 25.7. The predicted octanol–water partition coefficient (Wildman–Crippen LogP) is 5.08. The molecule has 0 spiro atoms. The maximum atomic E-state index is 14.5. The van der Waals surface area contributed by atoms with E-state index >= 15 is 0 Å². The predicted molar refractivity (Wildman–Crippen MR) is 135 cm³/mol. The van der Waals surface area contributed by atoms with Gasteiger partial charge in [-0.2, -0.15) is 0 Å². The number of carbonyl (C=O) groups is 1. The van der Waals surface area contributed by atoms with Gasteiger partial charge in [0.25, 0.3) is 5.91 Å². The number of aromatic nitrogens is 2. The molecule has 36 heavy (non-hydrogen) atoms. The third-order valence-corrected chi connectivity index (χ3v) is 5.76. The number of fused-ring (bicyclic) bond motifs is 1. The van der Waals surface area contributed by atoms with E-state index in [0.717, 1.165) is 0 Å². The molecule has 1 aliphatic heterocycles. The number of nitrogens with one attached hydrogen (secondary N) is 2. The number of hydrogen-bond acceptors (Lipinski definition) is 7. The van der Waals surface area contributed by atoms with Crippen LogP contribution in [0.3, 0.4) is 0 Å². The van der Waals surface area contributed by atoms with E-state index in [1.165, 1.54) is 30.6 Å². The molecule has 2 aromatic carbocycles. The Morgan fingerprint density at radius 3 is 2.86 bits per heavy atom. The van der Waals surface area contributed by atoms with Crippen LogP contribution in [0.4, 0.5) is 26.0 Å². The van der Waals surface area contributed by atoms with Gasteiger partial charge in [-0.25, -0.2) is 18.7 Å². The molecule has 4 rings (SSSR count). The maximum Gasteiger partial charge on any atom is 0.284 e. The Morgan fingerprint density at radius 1 is 1.31 bits per heavy atom. The Morgan fingerprint density at radius 2 is 2.14 bits per heavy atom. The lowest BCUT2D eigenvalue weighted by molar-refractivity contribution is -0.114. The smallest absolute Gasteiger partial charge is 0.284 e. The Kier molecular flexibility index (Phi) is 8.29. The molecule has 11 heteroatoms. The van der Waals surface area contributed by atoms with Crippen LogP contribution in [-0.2, 0) is 9.53 Å². The summed E-state index contributed by atoms with van der Waals surface area (Å²) in [5, 5.41) is 6.17. The zero-order valence-corrected chi connectivity index (χ0v) is 20.6. The highest BCUT2D eigenvalue weighted by molar-refractivity contribution is 6.31. The second kappa shape index (κ2) is 11.6. The molecule has 1 aromatic heterocycles. The fourth-order valence-electron chi connectivity index (χ4n) is 3.60. The largest absolute Gasteiger partial charge is 0.486 e. The van der Waals surface area contributed by atoms with Gasteiger partial charge in [0.15, 0.2) is 5.83 Å². The molecule has 2 heterocycles. The van der Waals surface area contributed by atoms with Crippen molar-refractivity contribution in [1.82, 2.24) is 14.9 Å². The summed E-state index contributed by atoms with van der Waals surface area (Å²) >= 11 is 5.90. The molecule has 190 valence electrons. The Bertz CT molecular complexity index is 1280. The quantitative estimate of drug-likeness (QED) is 0.383. The van der Waals surface area contributed by atoms with Crippen molar-refractivity contribution in [3.63, 3.8) is 0 Å². The number of benzene rings is 2. The normalized spacial score (nSPS) is 15.9. The van der Waals surface area contributed by atoms with E-state index in [4.69, 9.17) is 21.1 Å². The summed E-state index contributed by atoms with van der Waals surface area (Å²) in [6.07, 6.45) is 3.47. The van der Waals surface area contributed by atoms with Crippen molar-refractivity contribution < 1.29 is 23.0 Å². The van der Waals surface area contributed by atoms with Crippen LogP contribution >= 0.6 is 11.6 Å². The zero-order chi connectivity index (χ0) is 25.7. The van der Waals surface area contributed by atoms with Gasteiger partial charge in [-0.3, -0.25) is 4.79 Å². The molecule has 1 fully saturated rings. The fraction of sp³-hybridized carbons (Fsp3) is 0.320. The lowest BCUT2D eigenvalue weighted by atomic mass is 10.1. The van der Waals surface area contributed by atoms with Crippen LogP contribution in [0.15, 0.2) is 48.6 Å². The molecule has 2 N–H and O–H groups in total. The Balaban J connectivity index is 1.67. The molecule has 1 aliphatic rings. The fourth-order valence-corrected chi connectivity index (χ4v) is 3.78. The average Bonchev–Trinajstić information content (AvgIpc) is 3.35. The van der Waals surface area contributed by atoms with Crippen molar-refractivity contribution in [2.24, 2.45) is 0 Å². The van der Waals surface area contributed by atoms with Crippen molar-refractivity contribution in [3.05, 3.63) is 59.4 Å². The van der Waals surface area contributed by atoms with Gasteiger partial charge < -0.3 is 25.0 Å². The van der Waals surface area contributed by atoms with Gasteiger partial charge in [-0.1, -0.05) is 11.6 Å². The molecule has 0 unspecified atom stereocenters. The van der Waals surface area contributed by atoms with Crippen LogP contribution in [0.1, 0.15) is 12.8 Å². The third kappa shape index (κ3) is 6.45. The second-order valence-corrected chi connectivity index (χ2v) is 8.95. The summed E-state index contributed by atoms with van der Waals surface area (Å²) in [5.74, 6) is -1.61. The average molecular weight is 518 g/mol. The highest BCUT2D eigenvalue weighted by Crippen LogP contribution is 2.35. The Labute approximate surface area is 212 Å². The second-order valence-electron chi connectivity index (χ2n) is 8.54. The molecular weight excluding hydrogens is 492 g/mol. The number of hydrogen-bond donors (Lipinski definition) is 2. The standard InChI is InChI=1S/C25H26ClF2N5O3/c1-33(2)8-3-4-20(28)25(34)32-22-11-17-21(12-23(22)36-16-7-9-35-13-16)29-14-30-24(17)31-15-5-6-19(27)18(26)10-15/h4-6,10-12,14,16H,3,7-9,13H2,1-2H3,(H,32,34)(H,29,30,31)/b20-4-/t16-/m0/s1. The van der Waals surface area contributed by atoms with Gasteiger partial charge in [0, 0.05) is 30.1 Å². The third-order valence-electron chi connectivity index (χ3n) is 5.47. The molecule has 1 atom stereocenters. The van der Waals surface area contributed by atoms with Gasteiger partial charge >= 0.3 is 0 Å². The van der Waals surface area contributed by atoms with E-state index in [1.807, 2.05) is 19.0 Å². The topological polar surface area (TPSA) is 88.6 Å². The number of nitrogens with zero attached hydrogens (tertiary/aromatic N) is 3. The Hall–Kier alpha value is -3.34. The number of ether oxygens (including phenoxy) is 2. The van der Waals surface area contributed by atoms with Crippen molar-refractivity contribution >= 4 is 45.6 Å². The summed E-state index contributed by atoms with van der Waals surface area (Å²) < 4.78 is 39.5. The first-order valence-electron chi connectivity index (χ1n) is 11.4. The molecule has 1 saturated heterocycles. The lowest BCUT2D eigenvalue weighted by Gasteiger charge is -2.18. The van der Waals surface area contributed by atoms with Gasteiger partial charge in [0.1, 0.15) is 29.8 Å². The summed E-state index contributed by atoms with van der Waals surface area (Å²) in [6, 6.07) is 7.45. The molecule has 8 nitrogen and oxygen atoms in total. The van der Waals surface area contributed by atoms with Gasteiger partial charge in [-0.05, 0) is 50.9 Å². The zero-order valence-electron chi connectivity index (χ0n) is 19.9. The minimum Gasteiger partial charge on any atom is -0.486 e. The van der Waals surface area contributed by atoms with Crippen LogP contribution < -0.4 is 15.4 Å². The monoisotopic (exact) mass is 517 g/mol. The van der Waals surface area contributed by atoms with E-state index in [-0.39, 0.29) is 16.8 Å². The van der Waals surface area contributed by atoms with Crippen molar-refractivity contribution in [2.45, 2.75) is 18.9 Å². The summed E-state index contributed by atoms with van der Waals surface area (Å²) in [6.45, 7) is 1.58. The number of anilines is 3. The lowest BCUT2D eigenvalue weighted by Crippen LogP contribution is -2.19. The molecule has 1 amide bonds. The number of carbonyl (C=O) groups excluding carboxylic acids is 1. The number of amides is 1. The van der Waals surface area contributed by atoms with E-state index in [2.05, 4.69) is 20.6 Å². The number of rotatable bonds is 9. The molecule has 0 radical (unpaired) electrons. The minimum absolute atomic E-state index is 0.0442. The first-order valence-corrected chi connectivity index (χ1v) is 11.7. The van der Waals surface area contributed by atoms with Crippen LogP contribution in [0.5, 0.6) is 5.75 Å². The van der Waals surface area contributed by atoms with Crippen LogP contribution in [0.2, 0.25) is 5.02 Å². The molecule has 0 saturated carbocycles. The van der Waals surface area contributed by atoms with Gasteiger partial charge in [-0.15, -0.1) is 0 Å². The highest BCUT2D eigenvalue weighted by atomic mass is 35.5. The summed E-state index contributed by atoms with van der Waals surface area (Å²) in [7, 11) is 3.73. The highest BCUT2D eigenvalue weighted by Gasteiger charge is 2.22. The van der Waals surface area contributed by atoms with Crippen molar-refractivity contribution in [2.75, 3.05) is 44.5 Å². The molecular formula is C25H26ClF2N5O3. The minimum atomic E-state index is -0.893. The van der Waals surface area contributed by atoms with Crippen LogP contribution in [0, 0.1) is 5.82 Å². The first-order chi connectivity index (χ1) is 17.3. The van der Waals surface area contributed by atoms with Crippen molar-refractivity contribution in [3.8, 4) is 5.75 Å². The van der Waals surface area contributed by atoms with E-state index in [0.29, 0.717) is 60.8 Å². The van der Waals surface area contributed by atoms with Gasteiger partial charge in [0.05, 0.1) is 29.4 Å². The van der Waals surface area contributed by atoms with Gasteiger partial charge in [0.2, 0.25) is 0 Å². The summed E-state index contributed by atoms with van der Waals surface area (Å²) in [5.41, 5.74) is 1.28. The SMILES string of the molecule is CN(C)CC/C=C(\F)C(=O)Nc1cc2c(Nc3ccc(F)c(Cl)c3)ncnc2cc1O[C@H]1CCOC1. The van der Waals surface area contributed by atoms with Crippen LogP contribution in [0.25, 0.3) is 10.9 Å². The molecule has 0 bridgehead atoms.